The van der Waals surface area contributed by atoms with Crippen LogP contribution in [0.25, 0.3) is 0 Å². The molecule has 0 fully saturated rings. The van der Waals surface area contributed by atoms with Crippen molar-refractivity contribution in [1.82, 2.24) is 5.43 Å². The summed E-state index contributed by atoms with van der Waals surface area (Å²) in [5.41, 5.74) is 3.30. The fourth-order valence-corrected chi connectivity index (χ4v) is 1.79. The molecule has 0 radical (unpaired) electrons. The highest BCUT2D eigenvalue weighted by molar-refractivity contribution is 5.99. The molecule has 0 saturated carbocycles. The second kappa shape index (κ2) is 7.62. The van der Waals surface area contributed by atoms with Crippen LogP contribution in [0.1, 0.15) is 38.8 Å². The number of rotatable bonds is 5. The van der Waals surface area contributed by atoms with E-state index in [1.807, 2.05) is 0 Å². The van der Waals surface area contributed by atoms with Crippen molar-refractivity contribution in [1.29, 1.82) is 0 Å². The number of methoxy groups -OCH3 is 1. The largest absolute Gasteiger partial charge is 0.550 e. The lowest BCUT2D eigenvalue weighted by molar-refractivity contribution is -0.304. The van der Waals surface area contributed by atoms with E-state index in [0.29, 0.717) is 22.6 Å². The predicted molar refractivity (Wildman–Crippen MR) is 83.3 cm³/mol. The number of aliphatic carboxylic acids is 1. The third-order valence-electron chi connectivity index (χ3n) is 2.75. The van der Waals surface area contributed by atoms with Crippen molar-refractivity contribution in [3.63, 3.8) is 0 Å². The van der Waals surface area contributed by atoms with Gasteiger partial charge >= 0.3 is 6.09 Å². The van der Waals surface area contributed by atoms with Crippen molar-refractivity contribution in [2.24, 2.45) is 5.10 Å². The van der Waals surface area contributed by atoms with Gasteiger partial charge in [0.05, 0.1) is 12.8 Å². The molecule has 7 nitrogen and oxygen atoms in total. The molecule has 0 aliphatic carbocycles. The summed E-state index contributed by atoms with van der Waals surface area (Å²) in [7, 11) is 1.46. The van der Waals surface area contributed by atoms with Crippen LogP contribution in [0.5, 0.6) is 5.75 Å². The summed E-state index contributed by atoms with van der Waals surface area (Å²) < 4.78 is 10.2. The summed E-state index contributed by atoms with van der Waals surface area (Å²) in [6, 6.07) is 4.98. The van der Waals surface area contributed by atoms with E-state index in [1.165, 1.54) is 7.11 Å². The lowest BCUT2D eigenvalue weighted by Crippen LogP contribution is -2.30. The lowest BCUT2D eigenvalue weighted by Gasteiger charge is -2.18. The monoisotopic (exact) mass is 321 g/mol. The van der Waals surface area contributed by atoms with Gasteiger partial charge in [0, 0.05) is 18.0 Å². The molecule has 1 aromatic rings. The van der Waals surface area contributed by atoms with E-state index in [9.17, 15) is 14.7 Å². The number of carboxylic acids is 1. The van der Waals surface area contributed by atoms with Crippen LogP contribution < -0.4 is 15.3 Å². The molecule has 23 heavy (non-hydrogen) atoms. The summed E-state index contributed by atoms with van der Waals surface area (Å²) in [4.78, 5) is 22.4. The van der Waals surface area contributed by atoms with E-state index in [-0.39, 0.29) is 6.42 Å². The number of ether oxygens (including phenoxy) is 2. The first-order chi connectivity index (χ1) is 10.6. The molecule has 0 heterocycles. The Morgan fingerprint density at radius 2 is 1.96 bits per heavy atom. The average Bonchev–Trinajstić information content (AvgIpc) is 2.42. The SMILES string of the molecule is COc1ccc(/C(C)=N\NC(=O)OC(C)(C)C)cc1CC(=O)[O-]. The third-order valence-corrected chi connectivity index (χ3v) is 2.75. The third kappa shape index (κ3) is 6.37. The molecular formula is C16H21N2O5-. The molecule has 0 unspecified atom stereocenters. The Morgan fingerprint density at radius 3 is 2.48 bits per heavy atom. The summed E-state index contributed by atoms with van der Waals surface area (Å²) in [5, 5.41) is 14.7. The van der Waals surface area contributed by atoms with Gasteiger partial charge in [0.2, 0.25) is 0 Å². The summed E-state index contributed by atoms with van der Waals surface area (Å²) in [6.45, 7) is 6.93. The smallest absolute Gasteiger partial charge is 0.428 e. The van der Waals surface area contributed by atoms with Gasteiger partial charge in [-0.2, -0.15) is 5.10 Å². The number of hydrogen-bond donors (Lipinski definition) is 1. The van der Waals surface area contributed by atoms with Crippen LogP contribution in [0.2, 0.25) is 0 Å². The minimum Gasteiger partial charge on any atom is -0.550 e. The van der Waals surface area contributed by atoms with E-state index in [0.717, 1.165) is 0 Å². The number of hydrazone groups is 1. The van der Waals surface area contributed by atoms with Crippen molar-refractivity contribution in [3.05, 3.63) is 29.3 Å². The molecule has 1 rings (SSSR count). The van der Waals surface area contributed by atoms with E-state index in [1.54, 1.807) is 45.9 Å². The number of hydrogen-bond acceptors (Lipinski definition) is 6. The van der Waals surface area contributed by atoms with Gasteiger partial charge in [0.15, 0.2) is 0 Å². The van der Waals surface area contributed by atoms with E-state index >= 15 is 0 Å². The van der Waals surface area contributed by atoms with Crippen LogP contribution in [-0.2, 0) is 16.0 Å². The van der Waals surface area contributed by atoms with Crippen LogP contribution in [-0.4, -0.2) is 30.5 Å². The molecule has 7 heteroatoms. The maximum Gasteiger partial charge on any atom is 0.428 e. The number of benzene rings is 1. The Hall–Kier alpha value is -2.57. The first-order valence-electron chi connectivity index (χ1n) is 7.03. The van der Waals surface area contributed by atoms with Crippen molar-refractivity contribution < 1.29 is 24.2 Å². The number of carbonyl (C=O) groups is 2. The Kier molecular flexibility index (Phi) is 6.12. The molecule has 0 bridgehead atoms. The maximum absolute atomic E-state index is 11.6. The van der Waals surface area contributed by atoms with Gasteiger partial charge in [-0.1, -0.05) is 0 Å². The Labute approximate surface area is 135 Å². The Balaban J connectivity index is 2.90. The lowest BCUT2D eigenvalue weighted by atomic mass is 10.0. The summed E-state index contributed by atoms with van der Waals surface area (Å²) >= 11 is 0. The molecule has 0 aromatic heterocycles. The second-order valence-corrected chi connectivity index (χ2v) is 5.89. The highest BCUT2D eigenvalue weighted by Gasteiger charge is 2.15. The highest BCUT2D eigenvalue weighted by atomic mass is 16.6. The number of nitrogens with zero attached hydrogens (tertiary/aromatic N) is 1. The topological polar surface area (TPSA) is 100 Å². The first-order valence-corrected chi connectivity index (χ1v) is 7.03. The molecule has 1 aromatic carbocycles. The van der Waals surface area contributed by atoms with Crippen LogP contribution in [0.15, 0.2) is 23.3 Å². The van der Waals surface area contributed by atoms with Gasteiger partial charge in [0.25, 0.3) is 0 Å². The zero-order valence-corrected chi connectivity index (χ0v) is 13.9. The standard InChI is InChI=1S/C16H22N2O5/c1-10(17-18-15(21)23-16(2,3)4)11-6-7-13(22-5)12(8-11)9-14(19)20/h6-8H,9H2,1-5H3,(H,18,21)(H,19,20)/p-1/b17-10-. The van der Waals surface area contributed by atoms with Crippen LogP contribution >= 0.6 is 0 Å². The fourth-order valence-electron chi connectivity index (χ4n) is 1.79. The van der Waals surface area contributed by atoms with Gasteiger partial charge in [-0.25, -0.2) is 10.2 Å². The van der Waals surface area contributed by atoms with E-state index < -0.39 is 17.7 Å². The van der Waals surface area contributed by atoms with Crippen molar-refractivity contribution >= 4 is 17.8 Å². The maximum atomic E-state index is 11.6. The number of amides is 1. The van der Waals surface area contributed by atoms with E-state index in [2.05, 4.69) is 10.5 Å². The summed E-state index contributed by atoms with van der Waals surface area (Å²) in [6.07, 6.45) is -0.940. The van der Waals surface area contributed by atoms with Crippen molar-refractivity contribution in [3.8, 4) is 5.75 Å². The quantitative estimate of drug-likeness (QED) is 0.649. The predicted octanol–water partition coefficient (Wildman–Crippen LogP) is 1.24. The van der Waals surface area contributed by atoms with Gasteiger partial charge in [-0.15, -0.1) is 0 Å². The second-order valence-electron chi connectivity index (χ2n) is 5.89. The minimum absolute atomic E-state index is 0.274. The van der Waals surface area contributed by atoms with Crippen LogP contribution in [0.3, 0.4) is 0 Å². The first kappa shape index (κ1) is 18.5. The van der Waals surface area contributed by atoms with Crippen LogP contribution in [0, 0.1) is 0 Å². The molecule has 0 spiro atoms. The van der Waals surface area contributed by atoms with Crippen molar-refractivity contribution in [2.45, 2.75) is 39.7 Å². The molecule has 0 saturated heterocycles. The number of carbonyl (C=O) groups excluding carboxylic acids is 2. The van der Waals surface area contributed by atoms with Gasteiger partial charge in [-0.05, 0) is 51.5 Å². The Morgan fingerprint density at radius 1 is 1.30 bits per heavy atom. The Bertz CT molecular complexity index is 617. The molecule has 1 N–H and O–H groups in total. The molecule has 1 amide bonds. The molecular weight excluding hydrogens is 300 g/mol. The molecule has 0 aliphatic rings. The zero-order valence-electron chi connectivity index (χ0n) is 13.9. The van der Waals surface area contributed by atoms with Crippen LogP contribution in [0.4, 0.5) is 4.79 Å². The zero-order chi connectivity index (χ0) is 17.6. The van der Waals surface area contributed by atoms with Gasteiger partial charge in [-0.3, -0.25) is 0 Å². The normalized spacial score (nSPS) is 11.8. The minimum atomic E-state index is -1.21. The van der Waals surface area contributed by atoms with Gasteiger partial charge in [0.1, 0.15) is 11.4 Å². The molecule has 0 atom stereocenters. The van der Waals surface area contributed by atoms with Gasteiger partial charge < -0.3 is 19.4 Å². The average molecular weight is 321 g/mol. The molecule has 126 valence electrons. The highest BCUT2D eigenvalue weighted by Crippen LogP contribution is 2.20. The summed E-state index contributed by atoms with van der Waals surface area (Å²) in [5.74, 6) is -0.757. The number of carboxylic acid groups (broad SMARTS) is 1. The number of nitrogens with one attached hydrogen (secondary N) is 1. The van der Waals surface area contributed by atoms with E-state index in [4.69, 9.17) is 9.47 Å². The molecule has 0 aliphatic heterocycles. The van der Waals surface area contributed by atoms with Crippen molar-refractivity contribution in [2.75, 3.05) is 7.11 Å². The fraction of sp³-hybridized carbons (Fsp3) is 0.438.